The minimum absolute atomic E-state index is 0.0312. The van der Waals surface area contributed by atoms with Gasteiger partial charge in [0, 0.05) is 12.6 Å². The first-order valence-electron chi connectivity index (χ1n) is 6.46. The van der Waals surface area contributed by atoms with E-state index in [4.69, 9.17) is 4.74 Å². The minimum Gasteiger partial charge on any atom is -0.494 e. The lowest BCUT2D eigenvalue weighted by molar-refractivity contribution is 0.103. The van der Waals surface area contributed by atoms with Crippen molar-refractivity contribution in [2.24, 2.45) is 7.05 Å². The molecule has 0 unspecified atom stereocenters. The van der Waals surface area contributed by atoms with Crippen LogP contribution in [0.15, 0.2) is 30.3 Å². The molecule has 1 aromatic carbocycles. The Hall–Kier alpha value is -2.10. The highest BCUT2D eigenvalue weighted by Crippen LogP contribution is 2.17. The maximum atomic E-state index is 12.4. The third kappa shape index (κ3) is 2.84. The standard InChI is InChI=1S/C15H18N2O2/c1-4-12-10-14(17(3)16-12)15(18)11-7-6-8-13(9-11)19-5-2/h6-10H,4-5H2,1-3H3. The average molecular weight is 258 g/mol. The third-order valence-corrected chi connectivity index (χ3v) is 2.93. The highest BCUT2D eigenvalue weighted by Gasteiger charge is 2.15. The lowest BCUT2D eigenvalue weighted by Crippen LogP contribution is -2.08. The summed E-state index contributed by atoms with van der Waals surface area (Å²) in [6.45, 7) is 4.53. The second-order valence-corrected chi connectivity index (χ2v) is 4.29. The predicted molar refractivity (Wildman–Crippen MR) is 73.6 cm³/mol. The highest BCUT2D eigenvalue weighted by atomic mass is 16.5. The molecule has 0 radical (unpaired) electrons. The normalized spacial score (nSPS) is 10.5. The smallest absolute Gasteiger partial charge is 0.211 e. The van der Waals surface area contributed by atoms with Crippen LogP contribution >= 0.6 is 0 Å². The summed E-state index contributed by atoms with van der Waals surface area (Å²) in [5.74, 6) is 0.683. The summed E-state index contributed by atoms with van der Waals surface area (Å²) in [6, 6.07) is 9.08. The third-order valence-electron chi connectivity index (χ3n) is 2.93. The van der Waals surface area contributed by atoms with Crippen molar-refractivity contribution in [1.29, 1.82) is 0 Å². The van der Waals surface area contributed by atoms with E-state index in [1.165, 1.54) is 0 Å². The number of aromatic nitrogens is 2. The Labute approximate surface area is 113 Å². The molecule has 0 aliphatic carbocycles. The molecule has 0 spiro atoms. The zero-order valence-corrected chi connectivity index (χ0v) is 11.5. The van der Waals surface area contributed by atoms with E-state index in [9.17, 15) is 4.79 Å². The SMILES string of the molecule is CCOc1cccc(C(=O)c2cc(CC)nn2C)c1. The van der Waals surface area contributed by atoms with Gasteiger partial charge in [0.2, 0.25) is 5.78 Å². The van der Waals surface area contributed by atoms with Gasteiger partial charge < -0.3 is 4.74 Å². The van der Waals surface area contributed by atoms with E-state index in [0.717, 1.165) is 12.1 Å². The van der Waals surface area contributed by atoms with E-state index in [-0.39, 0.29) is 5.78 Å². The summed E-state index contributed by atoms with van der Waals surface area (Å²) in [7, 11) is 1.79. The number of aryl methyl sites for hydroxylation is 2. The number of hydrogen-bond acceptors (Lipinski definition) is 3. The molecule has 0 fully saturated rings. The van der Waals surface area contributed by atoms with Crippen molar-refractivity contribution >= 4 is 5.78 Å². The second kappa shape index (κ2) is 5.69. The molecular formula is C15H18N2O2. The van der Waals surface area contributed by atoms with Gasteiger partial charge in [-0.3, -0.25) is 9.48 Å². The molecule has 4 heteroatoms. The quantitative estimate of drug-likeness (QED) is 0.774. The fourth-order valence-corrected chi connectivity index (χ4v) is 1.95. The van der Waals surface area contributed by atoms with Gasteiger partial charge in [0.25, 0.3) is 0 Å². The van der Waals surface area contributed by atoms with Gasteiger partial charge in [-0.2, -0.15) is 5.10 Å². The molecule has 19 heavy (non-hydrogen) atoms. The monoisotopic (exact) mass is 258 g/mol. The molecule has 0 aliphatic rings. The molecule has 1 heterocycles. The van der Waals surface area contributed by atoms with Crippen molar-refractivity contribution in [2.75, 3.05) is 6.61 Å². The van der Waals surface area contributed by atoms with Crippen molar-refractivity contribution in [3.63, 3.8) is 0 Å². The largest absolute Gasteiger partial charge is 0.494 e. The highest BCUT2D eigenvalue weighted by molar-refractivity contribution is 6.08. The number of carbonyl (C=O) groups is 1. The molecule has 0 saturated carbocycles. The Bertz CT molecular complexity index is 588. The maximum Gasteiger partial charge on any atom is 0.211 e. The van der Waals surface area contributed by atoms with Gasteiger partial charge >= 0.3 is 0 Å². The van der Waals surface area contributed by atoms with Gasteiger partial charge in [0.05, 0.1) is 12.3 Å². The Balaban J connectivity index is 2.32. The van der Waals surface area contributed by atoms with Crippen LogP contribution in [-0.4, -0.2) is 22.2 Å². The van der Waals surface area contributed by atoms with Crippen LogP contribution in [0.25, 0.3) is 0 Å². The van der Waals surface area contributed by atoms with Gasteiger partial charge in [-0.25, -0.2) is 0 Å². The summed E-state index contributed by atoms with van der Waals surface area (Å²) in [4.78, 5) is 12.4. The van der Waals surface area contributed by atoms with Crippen LogP contribution in [0.5, 0.6) is 5.75 Å². The topological polar surface area (TPSA) is 44.1 Å². The summed E-state index contributed by atoms with van der Waals surface area (Å²) < 4.78 is 7.05. The van der Waals surface area contributed by atoms with Gasteiger partial charge in [-0.05, 0) is 31.5 Å². The second-order valence-electron chi connectivity index (χ2n) is 4.29. The van der Waals surface area contributed by atoms with Gasteiger partial charge in [0.15, 0.2) is 0 Å². The molecular weight excluding hydrogens is 240 g/mol. The van der Waals surface area contributed by atoms with Crippen LogP contribution in [-0.2, 0) is 13.5 Å². The summed E-state index contributed by atoms with van der Waals surface area (Å²) in [6.07, 6.45) is 0.820. The minimum atomic E-state index is -0.0312. The molecule has 1 aromatic heterocycles. The number of carbonyl (C=O) groups excluding carboxylic acids is 1. The van der Waals surface area contributed by atoms with Crippen molar-refractivity contribution < 1.29 is 9.53 Å². The zero-order valence-electron chi connectivity index (χ0n) is 11.5. The summed E-state index contributed by atoms with van der Waals surface area (Å²) in [5.41, 5.74) is 2.15. The molecule has 0 aliphatic heterocycles. The van der Waals surface area contributed by atoms with Crippen molar-refractivity contribution in [1.82, 2.24) is 9.78 Å². The fourth-order valence-electron chi connectivity index (χ4n) is 1.95. The predicted octanol–water partition coefficient (Wildman–Crippen LogP) is 2.61. The number of benzene rings is 1. The molecule has 2 aromatic rings. The van der Waals surface area contributed by atoms with Crippen molar-refractivity contribution in [3.8, 4) is 5.75 Å². The molecule has 0 N–H and O–H groups in total. The molecule has 0 saturated heterocycles. The molecule has 2 rings (SSSR count). The number of rotatable bonds is 5. The first-order valence-corrected chi connectivity index (χ1v) is 6.46. The number of ketones is 1. The fraction of sp³-hybridized carbons (Fsp3) is 0.333. The van der Waals surface area contributed by atoms with Crippen LogP contribution < -0.4 is 4.74 Å². The van der Waals surface area contributed by atoms with E-state index in [2.05, 4.69) is 5.10 Å². The van der Waals surface area contributed by atoms with Gasteiger partial charge in [0.1, 0.15) is 11.4 Å². The number of hydrogen-bond donors (Lipinski definition) is 0. The molecule has 0 amide bonds. The first-order chi connectivity index (χ1) is 9.15. The Kier molecular flexibility index (Phi) is 4.00. The van der Waals surface area contributed by atoms with Crippen LogP contribution in [0, 0.1) is 0 Å². The summed E-state index contributed by atoms with van der Waals surface area (Å²) in [5, 5.41) is 4.30. The molecule has 100 valence electrons. The Morgan fingerprint density at radius 2 is 2.11 bits per heavy atom. The van der Waals surface area contributed by atoms with Crippen LogP contribution in [0.2, 0.25) is 0 Å². The van der Waals surface area contributed by atoms with E-state index < -0.39 is 0 Å². The first kappa shape index (κ1) is 13.3. The lowest BCUT2D eigenvalue weighted by atomic mass is 10.1. The number of ether oxygens (including phenoxy) is 1. The maximum absolute atomic E-state index is 12.4. The Morgan fingerprint density at radius 3 is 2.74 bits per heavy atom. The van der Waals surface area contributed by atoms with E-state index >= 15 is 0 Å². The average Bonchev–Trinajstić information content (AvgIpc) is 2.80. The van der Waals surface area contributed by atoms with Crippen LogP contribution in [0.4, 0.5) is 0 Å². The molecule has 0 atom stereocenters. The van der Waals surface area contributed by atoms with E-state index in [0.29, 0.717) is 23.6 Å². The van der Waals surface area contributed by atoms with E-state index in [1.54, 1.807) is 23.9 Å². The summed E-state index contributed by atoms with van der Waals surface area (Å²) >= 11 is 0. The van der Waals surface area contributed by atoms with Crippen molar-refractivity contribution in [2.45, 2.75) is 20.3 Å². The zero-order chi connectivity index (χ0) is 13.8. The van der Waals surface area contributed by atoms with E-state index in [1.807, 2.05) is 32.0 Å². The Morgan fingerprint density at radius 1 is 1.32 bits per heavy atom. The van der Waals surface area contributed by atoms with Crippen LogP contribution in [0.3, 0.4) is 0 Å². The molecule has 4 nitrogen and oxygen atoms in total. The van der Waals surface area contributed by atoms with Crippen molar-refractivity contribution in [3.05, 3.63) is 47.3 Å². The lowest BCUT2D eigenvalue weighted by Gasteiger charge is -2.05. The molecule has 0 bridgehead atoms. The number of nitrogens with zero attached hydrogens (tertiary/aromatic N) is 2. The van der Waals surface area contributed by atoms with Gasteiger partial charge in [-0.15, -0.1) is 0 Å². The van der Waals surface area contributed by atoms with Crippen LogP contribution in [0.1, 0.15) is 35.6 Å². The van der Waals surface area contributed by atoms with Gasteiger partial charge in [-0.1, -0.05) is 19.1 Å².